The molecular weight excluding hydrogens is 288 g/mol. The molecule has 4 heteroatoms. The molecule has 2 heterocycles. The molecule has 1 aromatic carbocycles. The summed E-state index contributed by atoms with van der Waals surface area (Å²) in [6.07, 6.45) is 3.24. The molecule has 1 saturated heterocycles. The second kappa shape index (κ2) is 7.38. The highest BCUT2D eigenvalue weighted by Crippen LogP contribution is 2.22. The Kier molecular flexibility index (Phi) is 5.03. The van der Waals surface area contributed by atoms with Crippen LogP contribution in [0.5, 0.6) is 0 Å². The van der Waals surface area contributed by atoms with Gasteiger partial charge in [-0.1, -0.05) is 36.4 Å². The van der Waals surface area contributed by atoms with Crippen LogP contribution >= 0.6 is 0 Å². The largest absolute Gasteiger partial charge is 0.391 e. The standard InChI is InChI=1S/C19H22N2O2/c22-18-14-21(19(23)13-17-8-4-5-10-20-17)11-9-16(18)12-15-6-2-1-3-7-15/h1-8,10,16,18,22H,9,11-14H2/t16-,18-/m1/s1. The molecule has 3 rings (SSSR count). The first-order valence-corrected chi connectivity index (χ1v) is 8.12. The average molecular weight is 310 g/mol. The van der Waals surface area contributed by atoms with Crippen molar-refractivity contribution >= 4 is 5.91 Å². The number of aliphatic hydroxyl groups excluding tert-OH is 1. The van der Waals surface area contributed by atoms with E-state index < -0.39 is 6.10 Å². The molecule has 1 aliphatic rings. The van der Waals surface area contributed by atoms with Gasteiger partial charge in [-0.3, -0.25) is 9.78 Å². The molecule has 23 heavy (non-hydrogen) atoms. The molecular formula is C19H22N2O2. The van der Waals surface area contributed by atoms with Crippen molar-refractivity contribution in [3.63, 3.8) is 0 Å². The Bertz CT molecular complexity index is 630. The van der Waals surface area contributed by atoms with Gasteiger partial charge in [0.25, 0.3) is 0 Å². The fourth-order valence-electron chi connectivity index (χ4n) is 3.13. The fourth-order valence-corrected chi connectivity index (χ4v) is 3.13. The van der Waals surface area contributed by atoms with Crippen LogP contribution in [0.25, 0.3) is 0 Å². The van der Waals surface area contributed by atoms with Crippen molar-refractivity contribution in [3.05, 3.63) is 66.0 Å². The van der Waals surface area contributed by atoms with E-state index >= 15 is 0 Å². The van der Waals surface area contributed by atoms with E-state index in [0.29, 0.717) is 19.5 Å². The van der Waals surface area contributed by atoms with Crippen LogP contribution in [-0.4, -0.2) is 40.1 Å². The number of carbonyl (C=O) groups excluding carboxylic acids is 1. The summed E-state index contributed by atoms with van der Waals surface area (Å²) in [5, 5.41) is 10.4. The second-order valence-electron chi connectivity index (χ2n) is 6.14. The maximum Gasteiger partial charge on any atom is 0.228 e. The molecule has 1 aromatic heterocycles. The number of likely N-dealkylation sites (tertiary alicyclic amines) is 1. The summed E-state index contributed by atoms with van der Waals surface area (Å²) in [6.45, 7) is 1.13. The number of hydrogen-bond donors (Lipinski definition) is 1. The van der Waals surface area contributed by atoms with Gasteiger partial charge in [-0.05, 0) is 36.5 Å². The first kappa shape index (κ1) is 15.7. The van der Waals surface area contributed by atoms with Gasteiger partial charge in [0, 0.05) is 25.0 Å². The highest BCUT2D eigenvalue weighted by atomic mass is 16.3. The number of carbonyl (C=O) groups is 1. The second-order valence-corrected chi connectivity index (χ2v) is 6.14. The summed E-state index contributed by atoms with van der Waals surface area (Å²) in [6, 6.07) is 15.8. The third-order valence-electron chi connectivity index (χ3n) is 4.47. The number of β-amino-alcohol motifs (C(OH)–C–C–N with tert-alkyl or cyclic N) is 1. The minimum atomic E-state index is -0.461. The molecule has 1 amide bonds. The van der Waals surface area contributed by atoms with E-state index in [4.69, 9.17) is 0 Å². The molecule has 1 fully saturated rings. The fraction of sp³-hybridized carbons (Fsp3) is 0.368. The van der Waals surface area contributed by atoms with Gasteiger partial charge in [-0.15, -0.1) is 0 Å². The molecule has 4 nitrogen and oxygen atoms in total. The van der Waals surface area contributed by atoms with E-state index in [1.165, 1.54) is 5.56 Å². The van der Waals surface area contributed by atoms with Crippen molar-refractivity contribution in [1.82, 2.24) is 9.88 Å². The van der Waals surface area contributed by atoms with Crippen molar-refractivity contribution in [2.75, 3.05) is 13.1 Å². The van der Waals surface area contributed by atoms with Crippen molar-refractivity contribution in [3.8, 4) is 0 Å². The Morgan fingerprint density at radius 3 is 2.65 bits per heavy atom. The maximum absolute atomic E-state index is 12.4. The summed E-state index contributed by atoms with van der Waals surface area (Å²) in [5.74, 6) is 0.261. The molecule has 2 aromatic rings. The Morgan fingerprint density at radius 2 is 1.96 bits per heavy atom. The number of aromatic nitrogens is 1. The third-order valence-corrected chi connectivity index (χ3v) is 4.47. The lowest BCUT2D eigenvalue weighted by Gasteiger charge is -2.36. The summed E-state index contributed by atoms with van der Waals surface area (Å²) in [5.41, 5.74) is 2.02. The zero-order valence-corrected chi connectivity index (χ0v) is 13.1. The zero-order chi connectivity index (χ0) is 16.1. The Balaban J connectivity index is 1.54. The number of nitrogens with zero attached hydrogens (tertiary/aromatic N) is 2. The SMILES string of the molecule is O=C(Cc1ccccn1)N1CC[C@H](Cc2ccccc2)[C@H](O)C1. The maximum atomic E-state index is 12.4. The molecule has 0 saturated carbocycles. The number of rotatable bonds is 4. The summed E-state index contributed by atoms with van der Waals surface area (Å²) >= 11 is 0. The molecule has 0 spiro atoms. The minimum Gasteiger partial charge on any atom is -0.391 e. The van der Waals surface area contributed by atoms with Crippen molar-refractivity contribution in [2.24, 2.45) is 5.92 Å². The van der Waals surface area contributed by atoms with Crippen LogP contribution in [0, 0.1) is 5.92 Å². The molecule has 1 N–H and O–H groups in total. The quantitative estimate of drug-likeness (QED) is 0.940. The monoisotopic (exact) mass is 310 g/mol. The number of aliphatic hydroxyl groups is 1. The molecule has 120 valence electrons. The highest BCUT2D eigenvalue weighted by Gasteiger charge is 2.30. The van der Waals surface area contributed by atoms with Crippen molar-refractivity contribution in [1.29, 1.82) is 0 Å². The van der Waals surface area contributed by atoms with E-state index in [-0.39, 0.29) is 11.8 Å². The molecule has 1 aliphatic heterocycles. The van der Waals surface area contributed by atoms with Crippen LogP contribution in [-0.2, 0) is 17.6 Å². The number of benzene rings is 1. The van der Waals surface area contributed by atoms with Crippen LogP contribution < -0.4 is 0 Å². The van der Waals surface area contributed by atoms with Gasteiger partial charge >= 0.3 is 0 Å². The van der Waals surface area contributed by atoms with Gasteiger partial charge < -0.3 is 10.0 Å². The van der Waals surface area contributed by atoms with E-state index in [1.807, 2.05) is 36.4 Å². The zero-order valence-electron chi connectivity index (χ0n) is 13.1. The highest BCUT2D eigenvalue weighted by molar-refractivity contribution is 5.78. The predicted molar refractivity (Wildman–Crippen MR) is 88.8 cm³/mol. The summed E-state index contributed by atoms with van der Waals surface area (Å²) in [4.78, 5) is 18.3. The van der Waals surface area contributed by atoms with Crippen LogP contribution in [0.3, 0.4) is 0 Å². The average Bonchev–Trinajstić information content (AvgIpc) is 2.58. The van der Waals surface area contributed by atoms with E-state index in [9.17, 15) is 9.90 Å². The van der Waals surface area contributed by atoms with Crippen LogP contribution in [0.2, 0.25) is 0 Å². The summed E-state index contributed by atoms with van der Waals surface area (Å²) in [7, 11) is 0. The van der Waals surface area contributed by atoms with E-state index in [0.717, 1.165) is 18.5 Å². The van der Waals surface area contributed by atoms with Gasteiger partial charge in [0.2, 0.25) is 5.91 Å². The molecule has 0 aliphatic carbocycles. The van der Waals surface area contributed by atoms with E-state index in [1.54, 1.807) is 11.1 Å². The number of pyridine rings is 1. The van der Waals surface area contributed by atoms with Gasteiger partial charge in [0.15, 0.2) is 0 Å². The van der Waals surface area contributed by atoms with Gasteiger partial charge in [-0.25, -0.2) is 0 Å². The van der Waals surface area contributed by atoms with Crippen LogP contribution in [0.4, 0.5) is 0 Å². The first-order valence-electron chi connectivity index (χ1n) is 8.12. The van der Waals surface area contributed by atoms with Crippen LogP contribution in [0.15, 0.2) is 54.7 Å². The van der Waals surface area contributed by atoms with Gasteiger partial charge in [-0.2, -0.15) is 0 Å². The Hall–Kier alpha value is -2.20. The van der Waals surface area contributed by atoms with Gasteiger partial charge in [0.1, 0.15) is 0 Å². The number of amides is 1. The van der Waals surface area contributed by atoms with E-state index in [2.05, 4.69) is 17.1 Å². The first-order chi connectivity index (χ1) is 11.2. The molecule has 0 unspecified atom stereocenters. The summed E-state index contributed by atoms with van der Waals surface area (Å²) < 4.78 is 0. The lowest BCUT2D eigenvalue weighted by Crippen LogP contribution is -2.47. The van der Waals surface area contributed by atoms with Crippen molar-refractivity contribution < 1.29 is 9.90 Å². The Labute approximate surface area is 136 Å². The lowest BCUT2D eigenvalue weighted by atomic mass is 9.87. The lowest BCUT2D eigenvalue weighted by molar-refractivity contribution is -0.135. The number of piperidine rings is 1. The van der Waals surface area contributed by atoms with Crippen LogP contribution in [0.1, 0.15) is 17.7 Å². The molecule has 0 radical (unpaired) electrons. The molecule has 0 bridgehead atoms. The predicted octanol–water partition coefficient (Wildman–Crippen LogP) is 2.08. The molecule has 2 atom stereocenters. The normalized spacial score (nSPS) is 21.2. The number of hydrogen-bond acceptors (Lipinski definition) is 3. The smallest absolute Gasteiger partial charge is 0.228 e. The third kappa shape index (κ3) is 4.17. The Morgan fingerprint density at radius 1 is 1.17 bits per heavy atom. The minimum absolute atomic E-state index is 0.0425. The van der Waals surface area contributed by atoms with Gasteiger partial charge in [0.05, 0.1) is 12.5 Å². The topological polar surface area (TPSA) is 53.4 Å². The van der Waals surface area contributed by atoms with Crippen molar-refractivity contribution in [2.45, 2.75) is 25.4 Å².